The van der Waals surface area contributed by atoms with Gasteiger partial charge in [0, 0.05) is 31.4 Å². The summed E-state index contributed by atoms with van der Waals surface area (Å²) < 4.78 is 60.2. The van der Waals surface area contributed by atoms with Crippen LogP contribution in [0.15, 0.2) is 24.3 Å². The quantitative estimate of drug-likeness (QED) is 0.0656. The van der Waals surface area contributed by atoms with Gasteiger partial charge in [-0.3, -0.25) is 33.0 Å². The lowest BCUT2D eigenvalue weighted by atomic mass is 9.72. The third kappa shape index (κ3) is 10.8. The number of amides is 2. The molecule has 5 rings (SSSR count). The van der Waals surface area contributed by atoms with Crippen molar-refractivity contribution in [2.24, 2.45) is 17.2 Å². The molecule has 4 aliphatic rings. The first-order valence-corrected chi connectivity index (χ1v) is 19.0. The Bertz CT molecular complexity index is 1410. The molecule has 4 saturated heterocycles. The molecular weight excluding hydrogens is 708 g/mol. The van der Waals surface area contributed by atoms with Crippen molar-refractivity contribution >= 4 is 33.1 Å². The molecular formula is C28H47N5O15P2. The van der Waals surface area contributed by atoms with Gasteiger partial charge in [-0.2, -0.15) is 0 Å². The number of imide groups is 1. The summed E-state index contributed by atoms with van der Waals surface area (Å²) in [5.41, 5.74) is 23.5. The number of hydrogen-bond acceptors (Lipinski definition) is 17. The molecule has 0 saturated carbocycles. The van der Waals surface area contributed by atoms with Gasteiger partial charge >= 0.3 is 15.6 Å². The molecule has 1 aromatic carbocycles. The third-order valence-corrected chi connectivity index (χ3v) is 10.8. The van der Waals surface area contributed by atoms with Crippen molar-refractivity contribution in [3.63, 3.8) is 0 Å². The summed E-state index contributed by atoms with van der Waals surface area (Å²) in [6.45, 7) is 0.455. The zero-order valence-electron chi connectivity index (χ0n) is 27.4. The van der Waals surface area contributed by atoms with E-state index in [0.717, 1.165) is 5.56 Å². The molecule has 12 unspecified atom stereocenters. The van der Waals surface area contributed by atoms with Crippen molar-refractivity contribution in [2.45, 2.75) is 106 Å². The summed E-state index contributed by atoms with van der Waals surface area (Å²) in [6.07, 6.45) is -6.56. The fraction of sp³-hybridized carbons (Fsp3) is 0.714. The lowest BCUT2D eigenvalue weighted by Crippen LogP contribution is -2.51. The van der Waals surface area contributed by atoms with Crippen molar-refractivity contribution in [3.8, 4) is 0 Å². The van der Waals surface area contributed by atoms with E-state index < -0.39 is 96.2 Å². The Kier molecular flexibility index (Phi) is 14.1. The molecule has 0 aliphatic carbocycles. The summed E-state index contributed by atoms with van der Waals surface area (Å²) in [4.78, 5) is 43.3. The zero-order chi connectivity index (χ0) is 36.9. The highest BCUT2D eigenvalue weighted by Gasteiger charge is 2.45. The molecule has 0 spiro atoms. The van der Waals surface area contributed by atoms with Crippen LogP contribution in [0.4, 0.5) is 5.69 Å². The van der Waals surface area contributed by atoms with Crippen molar-refractivity contribution in [3.05, 3.63) is 29.8 Å². The fourth-order valence-electron chi connectivity index (χ4n) is 6.04. The predicted molar refractivity (Wildman–Crippen MR) is 172 cm³/mol. The number of nitrogens with one attached hydrogen (secondary N) is 1. The number of aliphatic hydroxyl groups is 2. The van der Waals surface area contributed by atoms with Gasteiger partial charge < -0.3 is 57.1 Å². The molecule has 50 heavy (non-hydrogen) atoms. The third-order valence-electron chi connectivity index (χ3n) is 8.76. The molecule has 20 nitrogen and oxygen atoms in total. The number of hydrogen-bond donors (Lipinski definition) is 9. The smallest absolute Gasteiger partial charge is 0.399 e. The van der Waals surface area contributed by atoms with Gasteiger partial charge in [0.2, 0.25) is 11.8 Å². The number of rotatable bonds is 13. The van der Waals surface area contributed by atoms with Gasteiger partial charge in [0.05, 0.1) is 31.3 Å². The second kappa shape index (κ2) is 17.3. The van der Waals surface area contributed by atoms with Crippen LogP contribution in [-0.2, 0) is 56.4 Å². The Labute approximate surface area is 288 Å². The van der Waals surface area contributed by atoms with Crippen molar-refractivity contribution in [1.29, 1.82) is 0 Å². The van der Waals surface area contributed by atoms with Gasteiger partial charge in [0.25, 0.3) is 0 Å². The van der Waals surface area contributed by atoms with Gasteiger partial charge in [-0.05, 0) is 30.5 Å². The molecule has 0 aromatic heterocycles. The van der Waals surface area contributed by atoms with Gasteiger partial charge in [0.1, 0.15) is 49.2 Å². The van der Waals surface area contributed by atoms with Crippen LogP contribution in [0.2, 0.25) is 0 Å². The van der Waals surface area contributed by atoms with E-state index in [1.54, 1.807) is 12.1 Å². The molecule has 0 radical (unpaired) electrons. The minimum Gasteiger partial charge on any atom is -0.399 e. The van der Waals surface area contributed by atoms with Gasteiger partial charge in [-0.15, -0.1) is 0 Å². The second-order valence-electron chi connectivity index (χ2n) is 12.3. The minimum atomic E-state index is -4.66. The largest absolute Gasteiger partial charge is 0.472 e. The van der Waals surface area contributed by atoms with Crippen LogP contribution < -0.4 is 28.3 Å². The standard InChI is InChI=1S/C15H31N3O13P2.C13H16N2O2/c16-13-1-7(20)11(28-13)5-25-32(21,22)31-9-3-15(18)29-12(9)6-26-33(23,24)30-8-2-14(17)27-10(8)4-19;1-2-13(8-7-11(16)15-12(13)17)9-3-5-10(14)6-4-9/h7-15,19-20H,1-6,16-18H2,(H,21,22)(H,23,24);3-6H,2,7-8,14H2,1H3,(H,15,16,17). The van der Waals surface area contributed by atoms with Crippen LogP contribution in [0, 0.1) is 0 Å². The van der Waals surface area contributed by atoms with E-state index in [9.17, 15) is 38.7 Å². The van der Waals surface area contributed by atoms with Crippen molar-refractivity contribution < 1.29 is 71.0 Å². The Hall–Kier alpha value is -1.94. The Morgan fingerprint density at radius 1 is 0.860 bits per heavy atom. The van der Waals surface area contributed by atoms with Crippen LogP contribution in [0.1, 0.15) is 51.0 Å². The second-order valence-corrected chi connectivity index (χ2v) is 15.2. The fourth-order valence-corrected chi connectivity index (χ4v) is 7.96. The van der Waals surface area contributed by atoms with Gasteiger partial charge in [-0.1, -0.05) is 19.1 Å². The summed E-state index contributed by atoms with van der Waals surface area (Å²) in [7, 11) is -9.31. The maximum Gasteiger partial charge on any atom is 0.472 e. The van der Waals surface area contributed by atoms with Gasteiger partial charge in [0.15, 0.2) is 0 Å². The maximum atomic E-state index is 12.3. The number of carbonyl (C=O) groups excluding carboxylic acids is 2. The number of phosphoric acid groups is 2. The maximum absolute atomic E-state index is 12.3. The minimum absolute atomic E-state index is 0.0378. The number of nitrogen functional groups attached to an aromatic ring is 1. The molecule has 13 N–H and O–H groups in total. The molecule has 12 atom stereocenters. The number of anilines is 1. The van der Waals surface area contributed by atoms with E-state index in [-0.39, 0.29) is 31.1 Å². The normalized spacial score (nSPS) is 36.7. The average molecular weight is 756 g/mol. The number of ether oxygens (including phenoxy) is 3. The lowest BCUT2D eigenvalue weighted by molar-refractivity contribution is -0.138. The first kappa shape index (κ1) is 40.8. The van der Waals surface area contributed by atoms with Gasteiger partial charge in [-0.25, -0.2) is 9.13 Å². The van der Waals surface area contributed by atoms with E-state index >= 15 is 0 Å². The van der Waals surface area contributed by atoms with Crippen LogP contribution in [0.25, 0.3) is 0 Å². The zero-order valence-corrected chi connectivity index (χ0v) is 29.1. The molecule has 4 heterocycles. The average Bonchev–Trinajstić information content (AvgIpc) is 3.69. The number of aliphatic hydroxyl groups excluding tert-OH is 2. The number of benzene rings is 1. The molecule has 22 heteroatoms. The van der Waals surface area contributed by atoms with Crippen LogP contribution in [-0.4, -0.2) is 107 Å². The highest BCUT2D eigenvalue weighted by molar-refractivity contribution is 7.47. The molecule has 1 aromatic rings. The first-order valence-electron chi connectivity index (χ1n) is 16.0. The Morgan fingerprint density at radius 2 is 1.36 bits per heavy atom. The highest BCUT2D eigenvalue weighted by Crippen LogP contribution is 2.50. The summed E-state index contributed by atoms with van der Waals surface area (Å²) in [6, 6.07) is 7.31. The summed E-state index contributed by atoms with van der Waals surface area (Å²) >= 11 is 0. The lowest BCUT2D eigenvalue weighted by Gasteiger charge is -2.34. The molecule has 2 amide bonds. The highest BCUT2D eigenvalue weighted by atomic mass is 31.2. The Balaban J connectivity index is 0.000000276. The van der Waals surface area contributed by atoms with Crippen molar-refractivity contribution in [2.75, 3.05) is 25.6 Å². The predicted octanol–water partition coefficient (Wildman–Crippen LogP) is -1.08. The van der Waals surface area contributed by atoms with E-state index in [1.807, 2.05) is 19.1 Å². The molecule has 0 bridgehead atoms. The number of piperidine rings is 1. The summed E-state index contributed by atoms with van der Waals surface area (Å²) in [5, 5.41) is 21.4. The number of phosphoric ester groups is 2. The van der Waals surface area contributed by atoms with Crippen molar-refractivity contribution in [1.82, 2.24) is 5.32 Å². The first-order chi connectivity index (χ1) is 23.5. The summed E-state index contributed by atoms with van der Waals surface area (Å²) in [5.74, 6) is -0.379. The van der Waals surface area contributed by atoms with E-state index in [1.165, 1.54) is 0 Å². The topological polar surface area (TPSA) is 330 Å². The van der Waals surface area contributed by atoms with Crippen LogP contribution >= 0.6 is 15.6 Å². The Morgan fingerprint density at radius 3 is 1.86 bits per heavy atom. The van der Waals surface area contributed by atoms with E-state index in [4.69, 9.17) is 55.2 Å². The number of carbonyl (C=O) groups is 2. The molecule has 284 valence electrons. The monoisotopic (exact) mass is 755 g/mol. The number of nitrogens with two attached hydrogens (primary N) is 4. The molecule has 4 fully saturated rings. The van der Waals surface area contributed by atoms with Crippen LogP contribution in [0.5, 0.6) is 0 Å². The van der Waals surface area contributed by atoms with E-state index in [0.29, 0.717) is 24.9 Å². The van der Waals surface area contributed by atoms with E-state index in [2.05, 4.69) is 5.32 Å². The van der Waals surface area contributed by atoms with Crippen LogP contribution in [0.3, 0.4) is 0 Å². The molecule has 4 aliphatic heterocycles. The SMILES string of the molecule is CCC1(c2ccc(N)cc2)CCC(=O)NC1=O.NC1CC(O)C(COP(=O)(O)OC2CC(N)OC2COP(=O)(O)OC2CC(N)OC2CO)O1.